The first kappa shape index (κ1) is 9.39. The van der Waals surface area contributed by atoms with Crippen molar-refractivity contribution in [2.75, 3.05) is 12.8 Å². The highest BCUT2D eigenvalue weighted by Gasteiger charge is 2.14. The third-order valence-corrected chi connectivity index (χ3v) is 2.09. The number of methoxy groups -OCH3 is 1. The Morgan fingerprint density at radius 1 is 1.33 bits per heavy atom. The minimum Gasteiger partial charge on any atom is -0.464 e. The van der Waals surface area contributed by atoms with Crippen LogP contribution >= 0.6 is 0 Å². The van der Waals surface area contributed by atoms with Crippen molar-refractivity contribution < 1.29 is 9.53 Å². The maximum absolute atomic E-state index is 11.3. The lowest BCUT2D eigenvalue weighted by molar-refractivity contribution is 0.0594. The highest BCUT2D eigenvalue weighted by atomic mass is 16.5. The molecule has 15 heavy (non-hydrogen) atoms. The highest BCUT2D eigenvalue weighted by molar-refractivity contribution is 6.01. The lowest BCUT2D eigenvalue weighted by Crippen LogP contribution is -2.10. The Bertz CT molecular complexity index is 525. The van der Waals surface area contributed by atoms with Crippen LogP contribution in [0.25, 0.3) is 10.9 Å². The van der Waals surface area contributed by atoms with E-state index < -0.39 is 5.97 Å². The van der Waals surface area contributed by atoms with Crippen molar-refractivity contribution in [3.63, 3.8) is 0 Å². The van der Waals surface area contributed by atoms with E-state index in [1.807, 2.05) is 12.1 Å². The maximum atomic E-state index is 11.3. The van der Waals surface area contributed by atoms with Gasteiger partial charge in [-0.1, -0.05) is 18.2 Å². The number of fused-ring (bicyclic) bond motifs is 1. The first-order valence-electron chi connectivity index (χ1n) is 4.33. The summed E-state index contributed by atoms with van der Waals surface area (Å²) in [5.74, 6) is -0.578. The summed E-state index contributed by atoms with van der Waals surface area (Å²) < 4.78 is 4.54. The lowest BCUT2D eigenvalue weighted by atomic mass is 10.2. The summed E-state index contributed by atoms with van der Waals surface area (Å²) in [4.78, 5) is 11.3. The van der Waals surface area contributed by atoms with Crippen molar-refractivity contribution >= 4 is 22.6 Å². The van der Waals surface area contributed by atoms with E-state index in [4.69, 9.17) is 5.73 Å². The fourth-order valence-electron chi connectivity index (χ4n) is 1.32. The number of ether oxygens (including phenoxy) is 1. The van der Waals surface area contributed by atoms with Crippen LogP contribution in [0.4, 0.5) is 5.69 Å². The van der Waals surface area contributed by atoms with Crippen LogP contribution in [0.1, 0.15) is 10.5 Å². The third-order valence-electron chi connectivity index (χ3n) is 2.09. The van der Waals surface area contributed by atoms with E-state index in [0.29, 0.717) is 16.6 Å². The molecule has 0 saturated carbocycles. The molecule has 1 aromatic heterocycles. The molecule has 5 nitrogen and oxygen atoms in total. The molecule has 0 aliphatic carbocycles. The van der Waals surface area contributed by atoms with Gasteiger partial charge in [0.2, 0.25) is 0 Å². The van der Waals surface area contributed by atoms with E-state index in [1.165, 1.54) is 7.11 Å². The Hall–Kier alpha value is -2.17. The summed E-state index contributed by atoms with van der Waals surface area (Å²) in [6.45, 7) is 0. The molecule has 0 unspecified atom stereocenters. The number of carbonyl (C=O) groups is 1. The molecule has 1 heterocycles. The number of anilines is 1. The highest BCUT2D eigenvalue weighted by Crippen LogP contribution is 2.20. The Balaban J connectivity index is 2.70. The van der Waals surface area contributed by atoms with Gasteiger partial charge in [0.1, 0.15) is 0 Å². The number of esters is 1. The van der Waals surface area contributed by atoms with Gasteiger partial charge in [0, 0.05) is 5.39 Å². The number of benzene rings is 1. The average molecular weight is 203 g/mol. The molecule has 2 aromatic rings. The molecule has 0 bridgehead atoms. The molecular weight excluding hydrogens is 194 g/mol. The van der Waals surface area contributed by atoms with Crippen molar-refractivity contribution in [2.45, 2.75) is 0 Å². The first-order chi connectivity index (χ1) is 7.24. The second-order valence-corrected chi connectivity index (χ2v) is 2.97. The van der Waals surface area contributed by atoms with Gasteiger partial charge in [0.05, 0.1) is 18.3 Å². The van der Waals surface area contributed by atoms with Crippen LogP contribution in [0.5, 0.6) is 0 Å². The Morgan fingerprint density at radius 2 is 2.07 bits per heavy atom. The number of rotatable bonds is 1. The van der Waals surface area contributed by atoms with Crippen LogP contribution in [0.3, 0.4) is 0 Å². The zero-order valence-corrected chi connectivity index (χ0v) is 8.10. The van der Waals surface area contributed by atoms with Crippen molar-refractivity contribution in [1.29, 1.82) is 0 Å². The van der Waals surface area contributed by atoms with Gasteiger partial charge in [0.15, 0.2) is 5.69 Å². The third kappa shape index (κ3) is 1.48. The van der Waals surface area contributed by atoms with Crippen LogP contribution in [-0.2, 0) is 4.74 Å². The molecule has 0 atom stereocenters. The average Bonchev–Trinajstić information content (AvgIpc) is 2.29. The summed E-state index contributed by atoms with van der Waals surface area (Å²) in [6.07, 6.45) is 0. The Kier molecular flexibility index (Phi) is 2.21. The van der Waals surface area contributed by atoms with Crippen LogP contribution < -0.4 is 5.73 Å². The summed E-state index contributed by atoms with van der Waals surface area (Å²) in [7, 11) is 1.28. The molecule has 2 rings (SSSR count). The van der Waals surface area contributed by atoms with Crippen LogP contribution in [-0.4, -0.2) is 23.3 Å². The fraction of sp³-hybridized carbons (Fsp3) is 0.100. The molecule has 0 saturated heterocycles. The van der Waals surface area contributed by atoms with Gasteiger partial charge in [-0.3, -0.25) is 0 Å². The normalized spacial score (nSPS) is 10.2. The molecule has 1 aromatic carbocycles. The van der Waals surface area contributed by atoms with Gasteiger partial charge in [-0.05, 0) is 6.07 Å². The van der Waals surface area contributed by atoms with Crippen molar-refractivity contribution in [1.82, 2.24) is 10.2 Å². The zero-order valence-electron chi connectivity index (χ0n) is 8.10. The number of hydrogen-bond acceptors (Lipinski definition) is 5. The molecule has 0 aliphatic heterocycles. The van der Waals surface area contributed by atoms with Gasteiger partial charge in [0.25, 0.3) is 0 Å². The smallest absolute Gasteiger partial charge is 0.360 e. The van der Waals surface area contributed by atoms with Crippen LogP contribution in [0.15, 0.2) is 24.3 Å². The monoisotopic (exact) mass is 203 g/mol. The quantitative estimate of drug-likeness (QED) is 0.699. The number of nitrogens with two attached hydrogens (primary N) is 1. The van der Waals surface area contributed by atoms with E-state index in [9.17, 15) is 4.79 Å². The topological polar surface area (TPSA) is 78.1 Å². The van der Waals surface area contributed by atoms with E-state index in [1.54, 1.807) is 12.1 Å². The standard InChI is InChI=1S/C10H9N3O2/c1-15-10(14)9-8(11)6-4-2-3-5-7(6)12-13-9/h2-5H,1H3,(H2,11,12). The predicted molar refractivity (Wildman–Crippen MR) is 55.3 cm³/mol. The van der Waals surface area contributed by atoms with E-state index in [0.717, 1.165) is 0 Å². The van der Waals surface area contributed by atoms with Gasteiger partial charge >= 0.3 is 5.97 Å². The van der Waals surface area contributed by atoms with Gasteiger partial charge < -0.3 is 10.5 Å². The molecule has 0 radical (unpaired) electrons. The molecule has 0 fully saturated rings. The predicted octanol–water partition coefficient (Wildman–Crippen LogP) is 0.999. The van der Waals surface area contributed by atoms with Crippen molar-refractivity contribution in [3.8, 4) is 0 Å². The summed E-state index contributed by atoms with van der Waals surface area (Å²) >= 11 is 0. The first-order valence-corrected chi connectivity index (χ1v) is 4.33. The summed E-state index contributed by atoms with van der Waals surface area (Å²) in [6, 6.07) is 7.21. The molecule has 5 heteroatoms. The molecule has 0 spiro atoms. The van der Waals surface area contributed by atoms with Gasteiger partial charge in [-0.25, -0.2) is 4.79 Å². The number of carbonyl (C=O) groups excluding carboxylic acids is 1. The van der Waals surface area contributed by atoms with E-state index >= 15 is 0 Å². The number of hydrogen-bond donors (Lipinski definition) is 1. The van der Waals surface area contributed by atoms with Gasteiger partial charge in [-0.2, -0.15) is 0 Å². The SMILES string of the molecule is COC(=O)c1nnc2ccccc2c1N. The second kappa shape index (κ2) is 3.53. The largest absolute Gasteiger partial charge is 0.464 e. The zero-order chi connectivity index (χ0) is 10.8. The van der Waals surface area contributed by atoms with E-state index in [-0.39, 0.29) is 5.69 Å². The van der Waals surface area contributed by atoms with Crippen molar-refractivity contribution in [3.05, 3.63) is 30.0 Å². The minimum atomic E-state index is -0.578. The number of nitrogens with zero attached hydrogens (tertiary/aromatic N) is 2. The van der Waals surface area contributed by atoms with Crippen LogP contribution in [0, 0.1) is 0 Å². The second-order valence-electron chi connectivity index (χ2n) is 2.97. The molecule has 0 amide bonds. The maximum Gasteiger partial charge on any atom is 0.360 e. The molecule has 2 N–H and O–H groups in total. The lowest BCUT2D eigenvalue weighted by Gasteiger charge is -2.04. The molecule has 0 aliphatic rings. The van der Waals surface area contributed by atoms with Crippen LogP contribution in [0.2, 0.25) is 0 Å². The molecule has 76 valence electrons. The van der Waals surface area contributed by atoms with Crippen molar-refractivity contribution in [2.24, 2.45) is 0 Å². The van der Waals surface area contributed by atoms with E-state index in [2.05, 4.69) is 14.9 Å². The molecular formula is C10H9N3O2. The Labute approximate surface area is 85.9 Å². The van der Waals surface area contributed by atoms with Gasteiger partial charge in [-0.15, -0.1) is 10.2 Å². The Morgan fingerprint density at radius 3 is 2.80 bits per heavy atom. The summed E-state index contributed by atoms with van der Waals surface area (Å²) in [5, 5.41) is 8.31. The minimum absolute atomic E-state index is 0.0520. The number of nitrogen functional groups attached to an aromatic ring is 1. The summed E-state index contributed by atoms with van der Waals surface area (Å²) in [5.41, 5.74) is 6.80. The fourth-order valence-corrected chi connectivity index (χ4v) is 1.32. The number of aromatic nitrogens is 2.